The van der Waals surface area contributed by atoms with Crippen LogP contribution in [0.25, 0.3) is 16.0 Å². The average molecular weight is 359 g/mol. The van der Waals surface area contributed by atoms with Gasteiger partial charge in [-0.3, -0.25) is 9.59 Å². The molecule has 132 valence electrons. The third-order valence-electron chi connectivity index (χ3n) is 4.99. The number of carbonyl (C=O) groups is 1. The number of hydrogen-bond donors (Lipinski definition) is 0. The van der Waals surface area contributed by atoms with Crippen LogP contribution in [0.1, 0.15) is 30.5 Å². The summed E-state index contributed by atoms with van der Waals surface area (Å²) in [5, 5.41) is 5.03. The molecule has 0 atom stereocenters. The van der Waals surface area contributed by atoms with Crippen molar-refractivity contribution < 1.29 is 4.79 Å². The second-order valence-corrected chi connectivity index (χ2v) is 8.06. The topological polar surface area (TPSA) is 72.5 Å². The molecule has 1 saturated heterocycles. The minimum absolute atomic E-state index is 0.0615. The number of fused-ring (bicyclic) bond motifs is 2. The number of amides is 1. The summed E-state index contributed by atoms with van der Waals surface area (Å²) in [6.07, 6.45) is 2.08. The van der Waals surface area contributed by atoms with Crippen molar-refractivity contribution in [1.82, 2.24) is 24.1 Å². The summed E-state index contributed by atoms with van der Waals surface area (Å²) in [6.45, 7) is 7.75. The quantitative estimate of drug-likeness (QED) is 0.701. The highest BCUT2D eigenvalue weighted by Gasteiger charge is 2.23. The van der Waals surface area contributed by atoms with Gasteiger partial charge in [-0.05, 0) is 38.7 Å². The molecule has 0 bridgehead atoms. The van der Waals surface area contributed by atoms with Crippen molar-refractivity contribution in [3.8, 4) is 0 Å². The van der Waals surface area contributed by atoms with Gasteiger partial charge in [0, 0.05) is 18.8 Å². The number of carbonyl (C=O) groups excluding carboxylic acids is 1. The molecule has 8 heteroatoms. The Kier molecular flexibility index (Phi) is 3.87. The number of aryl methyl sites for hydroxylation is 2. The molecule has 0 aliphatic carbocycles. The maximum Gasteiger partial charge on any atom is 0.299 e. The van der Waals surface area contributed by atoms with Gasteiger partial charge in [0.1, 0.15) is 17.1 Å². The first-order valence-corrected chi connectivity index (χ1v) is 9.40. The monoisotopic (exact) mass is 359 g/mol. The highest BCUT2D eigenvalue weighted by atomic mass is 32.1. The summed E-state index contributed by atoms with van der Waals surface area (Å²) in [6, 6.07) is 1.87. The van der Waals surface area contributed by atoms with Gasteiger partial charge in [0.05, 0.1) is 5.52 Å². The van der Waals surface area contributed by atoms with E-state index in [9.17, 15) is 9.59 Å². The van der Waals surface area contributed by atoms with Crippen molar-refractivity contribution in [2.75, 3.05) is 13.1 Å². The smallest absolute Gasteiger partial charge is 0.299 e. The van der Waals surface area contributed by atoms with Gasteiger partial charge < -0.3 is 9.47 Å². The summed E-state index contributed by atoms with van der Waals surface area (Å²) in [4.78, 5) is 32.6. The second-order valence-electron chi connectivity index (χ2n) is 6.90. The van der Waals surface area contributed by atoms with Gasteiger partial charge in [-0.2, -0.15) is 9.61 Å². The normalized spacial score (nSPS) is 16.2. The molecule has 0 saturated carbocycles. The van der Waals surface area contributed by atoms with Crippen LogP contribution >= 0.6 is 11.3 Å². The molecule has 1 amide bonds. The largest absolute Gasteiger partial charge is 0.341 e. The molecular formula is C17H21N5O2S. The Morgan fingerprint density at radius 1 is 1.32 bits per heavy atom. The van der Waals surface area contributed by atoms with Gasteiger partial charge in [-0.1, -0.05) is 18.3 Å². The molecule has 4 heterocycles. The average Bonchev–Trinajstić information content (AvgIpc) is 3.08. The first-order chi connectivity index (χ1) is 11.9. The molecule has 7 nitrogen and oxygen atoms in total. The molecule has 0 aromatic carbocycles. The lowest BCUT2D eigenvalue weighted by Crippen LogP contribution is -2.40. The van der Waals surface area contributed by atoms with Gasteiger partial charge in [-0.15, -0.1) is 0 Å². The van der Waals surface area contributed by atoms with Crippen LogP contribution in [-0.4, -0.2) is 43.1 Å². The molecule has 0 spiro atoms. The van der Waals surface area contributed by atoms with Crippen LogP contribution in [-0.2, 0) is 11.3 Å². The summed E-state index contributed by atoms with van der Waals surface area (Å²) in [5.74, 6) is 0.736. The Labute approximate surface area is 148 Å². The fraction of sp³-hybridized carbons (Fsp3) is 0.529. The van der Waals surface area contributed by atoms with Crippen LogP contribution in [0.4, 0.5) is 0 Å². The summed E-state index contributed by atoms with van der Waals surface area (Å²) in [7, 11) is 0. The zero-order valence-electron chi connectivity index (χ0n) is 14.7. The van der Waals surface area contributed by atoms with E-state index >= 15 is 0 Å². The third kappa shape index (κ3) is 2.74. The lowest BCUT2D eigenvalue weighted by Gasteiger charge is -2.30. The van der Waals surface area contributed by atoms with Gasteiger partial charge >= 0.3 is 0 Å². The third-order valence-corrected chi connectivity index (χ3v) is 5.81. The van der Waals surface area contributed by atoms with E-state index in [4.69, 9.17) is 0 Å². The molecule has 1 fully saturated rings. The number of piperidine rings is 1. The van der Waals surface area contributed by atoms with Crippen molar-refractivity contribution in [2.45, 2.75) is 40.2 Å². The van der Waals surface area contributed by atoms with Gasteiger partial charge in [-0.25, -0.2) is 4.98 Å². The zero-order valence-corrected chi connectivity index (χ0v) is 15.5. The summed E-state index contributed by atoms with van der Waals surface area (Å²) in [5.41, 5.74) is 1.75. The molecular weight excluding hydrogens is 338 g/mol. The molecule has 3 aromatic rings. The summed E-state index contributed by atoms with van der Waals surface area (Å²) < 4.78 is 3.12. The zero-order chi connectivity index (χ0) is 17.7. The van der Waals surface area contributed by atoms with Crippen molar-refractivity contribution in [3.05, 3.63) is 27.1 Å². The Bertz CT molecular complexity index is 1020. The van der Waals surface area contributed by atoms with E-state index in [-0.39, 0.29) is 18.0 Å². The number of nitrogens with zero attached hydrogens (tertiary/aromatic N) is 5. The predicted octanol–water partition coefficient (Wildman–Crippen LogP) is 1.98. The van der Waals surface area contributed by atoms with Crippen LogP contribution in [0.3, 0.4) is 0 Å². The molecule has 0 N–H and O–H groups in total. The van der Waals surface area contributed by atoms with E-state index < -0.39 is 0 Å². The first-order valence-electron chi connectivity index (χ1n) is 8.58. The predicted molar refractivity (Wildman–Crippen MR) is 97.1 cm³/mol. The van der Waals surface area contributed by atoms with Crippen LogP contribution in [0, 0.1) is 19.8 Å². The van der Waals surface area contributed by atoms with Crippen LogP contribution in [0.15, 0.2) is 10.9 Å². The van der Waals surface area contributed by atoms with Gasteiger partial charge in [0.15, 0.2) is 0 Å². The maximum atomic E-state index is 12.9. The van der Waals surface area contributed by atoms with E-state index in [2.05, 4.69) is 17.0 Å². The Hall–Kier alpha value is -2.22. The van der Waals surface area contributed by atoms with Gasteiger partial charge in [0.2, 0.25) is 10.9 Å². The highest BCUT2D eigenvalue weighted by Crippen LogP contribution is 2.20. The van der Waals surface area contributed by atoms with E-state index in [1.807, 2.05) is 24.8 Å². The van der Waals surface area contributed by atoms with E-state index in [1.165, 1.54) is 15.9 Å². The highest BCUT2D eigenvalue weighted by molar-refractivity contribution is 7.16. The van der Waals surface area contributed by atoms with E-state index in [0.717, 1.165) is 36.6 Å². The Morgan fingerprint density at radius 2 is 2.04 bits per heavy atom. The first kappa shape index (κ1) is 16.3. The van der Waals surface area contributed by atoms with E-state index in [1.54, 1.807) is 4.57 Å². The molecule has 1 aliphatic heterocycles. The van der Waals surface area contributed by atoms with E-state index in [0.29, 0.717) is 21.9 Å². The Morgan fingerprint density at radius 3 is 2.76 bits per heavy atom. The molecule has 25 heavy (non-hydrogen) atoms. The van der Waals surface area contributed by atoms with Gasteiger partial charge in [0.25, 0.3) is 5.56 Å². The Balaban J connectivity index is 1.74. The maximum absolute atomic E-state index is 12.9. The second kappa shape index (κ2) is 5.94. The van der Waals surface area contributed by atoms with Crippen LogP contribution in [0.2, 0.25) is 0 Å². The lowest BCUT2D eigenvalue weighted by molar-refractivity contribution is -0.133. The number of hydrogen-bond acceptors (Lipinski definition) is 5. The molecule has 1 aliphatic rings. The SMILES string of the molecule is Cc1nn2c(=O)c3c(cc(C)n3CC(=O)N3CCC(C)CC3)nc2s1. The molecule has 0 unspecified atom stereocenters. The molecule has 0 radical (unpaired) electrons. The van der Waals surface area contributed by atoms with Crippen molar-refractivity contribution in [2.24, 2.45) is 5.92 Å². The van der Waals surface area contributed by atoms with Crippen LogP contribution < -0.4 is 5.56 Å². The van der Waals surface area contributed by atoms with Crippen molar-refractivity contribution in [1.29, 1.82) is 0 Å². The fourth-order valence-electron chi connectivity index (χ4n) is 3.45. The van der Waals surface area contributed by atoms with Crippen LogP contribution in [0.5, 0.6) is 0 Å². The minimum atomic E-state index is -0.211. The number of aromatic nitrogens is 4. The number of rotatable bonds is 2. The summed E-state index contributed by atoms with van der Waals surface area (Å²) >= 11 is 1.39. The molecule has 4 rings (SSSR count). The fourth-order valence-corrected chi connectivity index (χ4v) is 4.19. The number of likely N-dealkylation sites (tertiary alicyclic amines) is 1. The van der Waals surface area contributed by atoms with Crippen molar-refractivity contribution in [3.63, 3.8) is 0 Å². The standard InChI is InChI=1S/C17H21N5O2S/c1-10-4-6-20(7-5-10)14(23)9-21-11(2)8-13-15(21)16(24)22-17(18-13)25-12(3)19-22/h8,10H,4-7,9H2,1-3H3. The van der Waals surface area contributed by atoms with Crippen molar-refractivity contribution >= 4 is 33.2 Å². The lowest BCUT2D eigenvalue weighted by atomic mass is 9.99. The minimum Gasteiger partial charge on any atom is -0.341 e. The molecule has 3 aromatic heterocycles.